The van der Waals surface area contributed by atoms with Gasteiger partial charge in [0.15, 0.2) is 0 Å². The number of halogens is 1. The van der Waals surface area contributed by atoms with Crippen LogP contribution in [0.5, 0.6) is 0 Å². The van der Waals surface area contributed by atoms with Gasteiger partial charge >= 0.3 is 0 Å². The second kappa shape index (κ2) is 10.8. The Bertz CT molecular complexity index is 135. The zero-order chi connectivity index (χ0) is 11.6. The Labute approximate surface area is 91.6 Å². The summed E-state index contributed by atoms with van der Waals surface area (Å²) in [5.41, 5.74) is 0. The quantitative estimate of drug-likeness (QED) is 0.443. The first-order valence-electron chi connectivity index (χ1n) is 4.64. The van der Waals surface area contributed by atoms with Crippen LogP contribution in [0, 0.1) is 11.8 Å². The standard InChI is InChI=1S/C6H11ClO2.C4H10O/c1-5(2)4-8-9-6(3)7;1-4(2)3-5/h5H,3-4H2,1-2H3;4-5H,3H2,1-2H3. The molecule has 4 heteroatoms. The van der Waals surface area contributed by atoms with Crippen LogP contribution in [0.25, 0.3) is 0 Å². The average molecular weight is 225 g/mol. The summed E-state index contributed by atoms with van der Waals surface area (Å²) >= 11 is 5.22. The van der Waals surface area contributed by atoms with Crippen LogP contribution < -0.4 is 0 Å². The molecule has 0 aromatic rings. The van der Waals surface area contributed by atoms with Crippen molar-refractivity contribution in [2.24, 2.45) is 11.8 Å². The Morgan fingerprint density at radius 2 is 1.71 bits per heavy atom. The summed E-state index contributed by atoms with van der Waals surface area (Å²) < 4.78 is 0. The minimum atomic E-state index is 0.0654. The summed E-state index contributed by atoms with van der Waals surface area (Å²) in [6.07, 6.45) is 0. The molecule has 0 aliphatic carbocycles. The third-order valence-electron chi connectivity index (χ3n) is 0.916. The fourth-order valence-electron chi connectivity index (χ4n) is 0.234. The monoisotopic (exact) mass is 224 g/mol. The van der Waals surface area contributed by atoms with Crippen molar-refractivity contribution in [1.82, 2.24) is 0 Å². The Kier molecular flexibility index (Phi) is 12.5. The van der Waals surface area contributed by atoms with Gasteiger partial charge in [0, 0.05) is 6.61 Å². The Hall–Kier alpha value is -0.250. The number of hydrogen-bond donors (Lipinski definition) is 1. The molecule has 0 aromatic heterocycles. The highest BCUT2D eigenvalue weighted by Gasteiger charge is 1.94. The van der Waals surface area contributed by atoms with Crippen molar-refractivity contribution >= 4 is 11.6 Å². The Balaban J connectivity index is 0. The van der Waals surface area contributed by atoms with Gasteiger partial charge in [-0.3, -0.25) is 0 Å². The zero-order valence-corrected chi connectivity index (χ0v) is 10.2. The van der Waals surface area contributed by atoms with Gasteiger partial charge in [0.05, 0.1) is 6.61 Å². The topological polar surface area (TPSA) is 38.7 Å². The van der Waals surface area contributed by atoms with Gasteiger partial charge < -0.3 is 9.99 Å². The molecule has 0 saturated carbocycles. The Morgan fingerprint density at radius 3 is 1.93 bits per heavy atom. The van der Waals surface area contributed by atoms with E-state index in [1.807, 2.05) is 27.7 Å². The van der Waals surface area contributed by atoms with Gasteiger partial charge in [0.2, 0.25) is 5.22 Å². The largest absolute Gasteiger partial charge is 0.396 e. The van der Waals surface area contributed by atoms with E-state index >= 15 is 0 Å². The highest BCUT2D eigenvalue weighted by molar-refractivity contribution is 6.27. The lowest BCUT2D eigenvalue weighted by atomic mass is 10.2. The molecule has 0 radical (unpaired) electrons. The second-order valence-corrected chi connectivity index (χ2v) is 4.11. The summed E-state index contributed by atoms with van der Waals surface area (Å²) in [4.78, 5) is 9.05. The number of aliphatic hydroxyl groups is 1. The van der Waals surface area contributed by atoms with Crippen LogP contribution in [0.1, 0.15) is 27.7 Å². The van der Waals surface area contributed by atoms with Crippen LogP contribution in [0.3, 0.4) is 0 Å². The van der Waals surface area contributed by atoms with Gasteiger partial charge in [0.25, 0.3) is 0 Å². The molecule has 0 fully saturated rings. The summed E-state index contributed by atoms with van der Waals surface area (Å²) in [7, 11) is 0. The second-order valence-electron chi connectivity index (χ2n) is 3.69. The van der Waals surface area contributed by atoms with E-state index in [1.54, 1.807) is 0 Å². The lowest BCUT2D eigenvalue weighted by molar-refractivity contribution is -0.259. The smallest absolute Gasteiger partial charge is 0.224 e. The van der Waals surface area contributed by atoms with E-state index in [9.17, 15) is 0 Å². The zero-order valence-electron chi connectivity index (χ0n) is 9.42. The maximum atomic E-state index is 8.14. The molecule has 0 amide bonds. The molecule has 1 N–H and O–H groups in total. The molecule has 0 rings (SSSR count). The minimum Gasteiger partial charge on any atom is -0.396 e. The van der Waals surface area contributed by atoms with Gasteiger partial charge in [-0.15, -0.1) is 0 Å². The third kappa shape index (κ3) is 22.6. The van der Waals surface area contributed by atoms with Crippen molar-refractivity contribution in [3.63, 3.8) is 0 Å². The van der Waals surface area contributed by atoms with Crippen LogP contribution in [0.15, 0.2) is 11.8 Å². The molecule has 0 aliphatic heterocycles. The molecule has 0 heterocycles. The highest BCUT2D eigenvalue weighted by atomic mass is 35.5. The van der Waals surface area contributed by atoms with Crippen LogP contribution in [0.4, 0.5) is 0 Å². The van der Waals surface area contributed by atoms with Crippen LogP contribution >= 0.6 is 11.6 Å². The highest BCUT2D eigenvalue weighted by Crippen LogP contribution is 2.01. The van der Waals surface area contributed by atoms with Gasteiger partial charge in [-0.25, -0.2) is 0 Å². The van der Waals surface area contributed by atoms with Gasteiger partial charge in [-0.05, 0) is 30.0 Å². The molecule has 0 aliphatic rings. The van der Waals surface area contributed by atoms with E-state index < -0.39 is 0 Å². The Morgan fingerprint density at radius 1 is 1.29 bits per heavy atom. The SMILES string of the molecule is C=C(Cl)OOCC(C)C.CC(C)CO. The average Bonchev–Trinajstić information content (AvgIpc) is 2.04. The van der Waals surface area contributed by atoms with Crippen molar-refractivity contribution < 1.29 is 14.9 Å². The maximum absolute atomic E-state index is 8.14. The minimum absolute atomic E-state index is 0.0654. The number of aliphatic hydroxyl groups excluding tert-OH is 1. The van der Waals surface area contributed by atoms with Gasteiger partial charge in [0.1, 0.15) is 0 Å². The molecule has 86 valence electrons. The third-order valence-corrected chi connectivity index (χ3v) is 0.979. The van der Waals surface area contributed by atoms with E-state index in [0.717, 1.165) is 0 Å². The molecule has 0 atom stereocenters. The molecule has 3 nitrogen and oxygen atoms in total. The van der Waals surface area contributed by atoms with E-state index in [0.29, 0.717) is 25.0 Å². The fraction of sp³-hybridized carbons (Fsp3) is 0.800. The molecule has 0 aromatic carbocycles. The van der Waals surface area contributed by atoms with Crippen molar-refractivity contribution in [2.45, 2.75) is 27.7 Å². The van der Waals surface area contributed by atoms with E-state index in [1.165, 1.54) is 0 Å². The van der Waals surface area contributed by atoms with E-state index in [2.05, 4.69) is 16.4 Å². The van der Waals surface area contributed by atoms with E-state index in [-0.39, 0.29) is 5.22 Å². The predicted molar refractivity (Wildman–Crippen MR) is 58.8 cm³/mol. The number of hydrogen-bond acceptors (Lipinski definition) is 3. The van der Waals surface area contributed by atoms with Crippen molar-refractivity contribution in [2.75, 3.05) is 13.2 Å². The normalized spacial score (nSPS) is 9.71. The van der Waals surface area contributed by atoms with Crippen molar-refractivity contribution in [1.29, 1.82) is 0 Å². The molecular weight excluding hydrogens is 204 g/mol. The maximum Gasteiger partial charge on any atom is 0.224 e. The molecular formula is C10H21ClO3. The predicted octanol–water partition coefficient (Wildman–Crippen LogP) is 2.94. The van der Waals surface area contributed by atoms with E-state index in [4.69, 9.17) is 16.7 Å². The summed E-state index contributed by atoms with van der Waals surface area (Å²) in [5, 5.41) is 8.21. The lowest BCUT2D eigenvalue weighted by Crippen LogP contribution is -2.00. The summed E-state index contributed by atoms with van der Waals surface area (Å²) in [5.74, 6) is 0.885. The molecule has 0 spiro atoms. The summed E-state index contributed by atoms with van der Waals surface area (Å²) in [6, 6.07) is 0. The fourth-order valence-corrected chi connectivity index (χ4v) is 0.279. The molecule has 14 heavy (non-hydrogen) atoms. The first kappa shape index (κ1) is 16.2. The molecule has 0 bridgehead atoms. The molecule has 0 unspecified atom stereocenters. The first-order chi connectivity index (χ1) is 6.40. The molecule has 0 saturated heterocycles. The summed E-state index contributed by atoms with van der Waals surface area (Å²) in [6.45, 7) is 12.1. The van der Waals surface area contributed by atoms with Gasteiger partial charge in [-0.2, -0.15) is 4.89 Å². The lowest BCUT2D eigenvalue weighted by Gasteiger charge is -2.03. The number of rotatable bonds is 5. The van der Waals surface area contributed by atoms with Crippen LogP contribution in [-0.4, -0.2) is 18.3 Å². The van der Waals surface area contributed by atoms with Crippen molar-refractivity contribution in [3.8, 4) is 0 Å². The first-order valence-corrected chi connectivity index (χ1v) is 5.02. The van der Waals surface area contributed by atoms with Gasteiger partial charge in [-0.1, -0.05) is 27.7 Å². The van der Waals surface area contributed by atoms with Crippen LogP contribution in [0.2, 0.25) is 0 Å². The van der Waals surface area contributed by atoms with Crippen molar-refractivity contribution in [3.05, 3.63) is 11.8 Å². The van der Waals surface area contributed by atoms with Crippen LogP contribution in [-0.2, 0) is 9.78 Å².